The van der Waals surface area contributed by atoms with Gasteiger partial charge in [0.2, 0.25) is 5.91 Å². The van der Waals surface area contributed by atoms with Crippen molar-refractivity contribution in [3.8, 4) is 0 Å². The molecule has 1 aromatic rings. The van der Waals surface area contributed by atoms with Crippen LogP contribution in [0.25, 0.3) is 0 Å². The smallest absolute Gasteiger partial charge is 0.238 e. The Labute approximate surface area is 154 Å². The fourth-order valence-electron chi connectivity index (χ4n) is 3.47. The number of nitrogens with zero attached hydrogens (tertiary/aromatic N) is 1. The summed E-state index contributed by atoms with van der Waals surface area (Å²) in [6.07, 6.45) is 4.77. The number of carbonyl (C=O) groups excluding carboxylic acids is 1. The van der Waals surface area contributed by atoms with Crippen molar-refractivity contribution in [3.63, 3.8) is 0 Å². The van der Waals surface area contributed by atoms with Crippen LogP contribution in [0.3, 0.4) is 0 Å². The Morgan fingerprint density at radius 1 is 1.20 bits per heavy atom. The predicted molar refractivity (Wildman–Crippen MR) is 99.2 cm³/mol. The van der Waals surface area contributed by atoms with Crippen molar-refractivity contribution in [1.29, 1.82) is 0 Å². The Morgan fingerprint density at radius 2 is 1.84 bits per heavy atom. The number of hydrogen-bond donors (Lipinski definition) is 1. The Hall–Kier alpha value is -1.14. The molecule has 0 unspecified atom stereocenters. The van der Waals surface area contributed by atoms with Crippen LogP contribution in [0.1, 0.15) is 31.2 Å². The van der Waals surface area contributed by atoms with Crippen LogP contribution in [0.5, 0.6) is 0 Å². The van der Waals surface area contributed by atoms with Crippen LogP contribution in [-0.2, 0) is 14.3 Å². The van der Waals surface area contributed by atoms with Gasteiger partial charge in [0.05, 0.1) is 29.5 Å². The van der Waals surface area contributed by atoms with Crippen molar-refractivity contribution in [2.24, 2.45) is 0 Å². The Bertz CT molecular complexity index is 566. The van der Waals surface area contributed by atoms with Crippen molar-refractivity contribution in [2.75, 3.05) is 38.2 Å². The van der Waals surface area contributed by atoms with Crippen molar-refractivity contribution in [2.45, 2.75) is 44.8 Å². The second-order valence-corrected chi connectivity index (χ2v) is 7.40. The van der Waals surface area contributed by atoms with E-state index in [-0.39, 0.29) is 18.1 Å². The highest BCUT2D eigenvalue weighted by Crippen LogP contribution is 2.23. The van der Waals surface area contributed by atoms with Gasteiger partial charge in [0.15, 0.2) is 0 Å². The zero-order valence-electron chi connectivity index (χ0n) is 14.8. The van der Waals surface area contributed by atoms with Crippen molar-refractivity contribution in [3.05, 3.63) is 28.8 Å². The maximum absolute atomic E-state index is 12.5. The van der Waals surface area contributed by atoms with Crippen LogP contribution in [0, 0.1) is 6.92 Å². The third-order valence-corrected chi connectivity index (χ3v) is 5.05. The molecule has 0 saturated carbocycles. The molecule has 0 aliphatic carbocycles. The minimum absolute atomic E-state index is 0.0539. The fraction of sp³-hybridized carbons (Fsp3) is 0.632. The van der Waals surface area contributed by atoms with Crippen molar-refractivity contribution in [1.82, 2.24) is 4.90 Å². The highest BCUT2D eigenvalue weighted by molar-refractivity contribution is 6.33. The summed E-state index contributed by atoms with van der Waals surface area (Å²) in [5.74, 6) is -0.0539. The van der Waals surface area contributed by atoms with Gasteiger partial charge >= 0.3 is 0 Å². The third kappa shape index (κ3) is 5.68. The van der Waals surface area contributed by atoms with E-state index >= 15 is 0 Å². The molecule has 2 aliphatic heterocycles. The average Bonchev–Trinajstić information content (AvgIpc) is 3.24. The van der Waals surface area contributed by atoms with E-state index in [9.17, 15) is 4.79 Å². The molecule has 3 rings (SSSR count). The van der Waals surface area contributed by atoms with E-state index in [0.29, 0.717) is 17.3 Å². The van der Waals surface area contributed by atoms with Crippen LogP contribution < -0.4 is 5.32 Å². The van der Waals surface area contributed by atoms with Gasteiger partial charge in [-0.05, 0) is 50.3 Å². The largest absolute Gasteiger partial charge is 0.377 e. The van der Waals surface area contributed by atoms with Gasteiger partial charge in [-0.15, -0.1) is 0 Å². The molecular weight excluding hydrogens is 340 g/mol. The molecule has 2 saturated heterocycles. The molecular formula is C19H27ClN2O3. The maximum Gasteiger partial charge on any atom is 0.238 e. The van der Waals surface area contributed by atoms with Gasteiger partial charge in [-0.3, -0.25) is 9.69 Å². The quantitative estimate of drug-likeness (QED) is 0.804. The lowest BCUT2D eigenvalue weighted by Crippen LogP contribution is -2.42. The second-order valence-electron chi connectivity index (χ2n) is 7.00. The normalized spacial score (nSPS) is 23.3. The summed E-state index contributed by atoms with van der Waals surface area (Å²) in [5.41, 5.74) is 1.73. The van der Waals surface area contributed by atoms with Gasteiger partial charge in [-0.2, -0.15) is 0 Å². The van der Waals surface area contributed by atoms with Gasteiger partial charge in [-0.1, -0.05) is 17.7 Å². The molecule has 0 radical (unpaired) electrons. The summed E-state index contributed by atoms with van der Waals surface area (Å²) < 4.78 is 11.5. The van der Waals surface area contributed by atoms with Crippen LogP contribution in [0.15, 0.2) is 18.2 Å². The van der Waals surface area contributed by atoms with Crippen LogP contribution in [-0.4, -0.2) is 55.9 Å². The minimum atomic E-state index is -0.0539. The van der Waals surface area contributed by atoms with Gasteiger partial charge in [-0.25, -0.2) is 0 Å². The lowest BCUT2D eigenvalue weighted by Gasteiger charge is -2.27. The van der Waals surface area contributed by atoms with Gasteiger partial charge < -0.3 is 14.8 Å². The molecule has 1 aromatic carbocycles. The van der Waals surface area contributed by atoms with E-state index in [0.717, 1.165) is 57.6 Å². The van der Waals surface area contributed by atoms with E-state index in [1.165, 1.54) is 0 Å². The van der Waals surface area contributed by atoms with Crippen LogP contribution in [0.2, 0.25) is 5.02 Å². The number of hydrogen-bond acceptors (Lipinski definition) is 4. The third-order valence-electron chi connectivity index (χ3n) is 4.74. The number of rotatable bonds is 7. The zero-order valence-corrected chi connectivity index (χ0v) is 15.6. The van der Waals surface area contributed by atoms with Crippen molar-refractivity contribution < 1.29 is 14.3 Å². The number of halogens is 1. The van der Waals surface area contributed by atoms with Gasteiger partial charge in [0.25, 0.3) is 0 Å². The van der Waals surface area contributed by atoms with Crippen LogP contribution in [0.4, 0.5) is 5.69 Å². The summed E-state index contributed by atoms with van der Waals surface area (Å²) in [7, 11) is 0. The summed E-state index contributed by atoms with van der Waals surface area (Å²) in [5, 5.41) is 3.49. The molecule has 6 heteroatoms. The molecule has 25 heavy (non-hydrogen) atoms. The first-order valence-electron chi connectivity index (χ1n) is 9.12. The second kappa shape index (κ2) is 8.99. The first-order chi connectivity index (χ1) is 12.1. The molecule has 0 spiro atoms. The van der Waals surface area contributed by atoms with Crippen LogP contribution >= 0.6 is 11.6 Å². The first-order valence-corrected chi connectivity index (χ1v) is 9.49. The maximum atomic E-state index is 12.5. The molecule has 0 bridgehead atoms. The number of amides is 1. The zero-order chi connectivity index (χ0) is 17.6. The number of nitrogens with one attached hydrogen (secondary N) is 1. The van der Waals surface area contributed by atoms with E-state index < -0.39 is 0 Å². The molecule has 2 aliphatic rings. The summed E-state index contributed by atoms with van der Waals surface area (Å²) in [4.78, 5) is 14.7. The molecule has 138 valence electrons. The molecule has 5 nitrogen and oxygen atoms in total. The lowest BCUT2D eigenvalue weighted by molar-refractivity contribution is -0.118. The molecule has 2 fully saturated rings. The Balaban J connectivity index is 1.57. The summed E-state index contributed by atoms with van der Waals surface area (Å²) in [6, 6.07) is 5.64. The fourth-order valence-corrected chi connectivity index (χ4v) is 3.75. The first kappa shape index (κ1) is 18.6. The lowest BCUT2D eigenvalue weighted by atomic mass is 10.2. The highest BCUT2D eigenvalue weighted by atomic mass is 35.5. The average molecular weight is 367 g/mol. The Morgan fingerprint density at radius 3 is 2.36 bits per heavy atom. The molecule has 2 atom stereocenters. The van der Waals surface area contributed by atoms with E-state index in [2.05, 4.69) is 10.2 Å². The number of benzene rings is 1. The molecule has 1 amide bonds. The molecule has 2 heterocycles. The number of aryl methyl sites for hydroxylation is 1. The van der Waals surface area contributed by atoms with Gasteiger partial charge in [0, 0.05) is 26.3 Å². The molecule has 0 aromatic heterocycles. The summed E-state index contributed by atoms with van der Waals surface area (Å²) in [6.45, 7) is 5.49. The number of carbonyl (C=O) groups is 1. The number of ether oxygens (including phenoxy) is 2. The van der Waals surface area contributed by atoms with Crippen molar-refractivity contribution >= 4 is 23.2 Å². The monoisotopic (exact) mass is 366 g/mol. The minimum Gasteiger partial charge on any atom is -0.377 e. The SMILES string of the molecule is Cc1ccc(NC(=O)CN(C[C@H]2CCCO2)C[C@H]2CCCO2)c(Cl)c1. The standard InChI is InChI=1S/C19H27ClN2O3/c1-14-6-7-18(17(20)10-14)21-19(23)13-22(11-15-4-2-8-24-15)12-16-5-3-9-25-16/h6-7,10,15-16H,2-5,8-9,11-13H2,1H3,(H,21,23)/t15-,16-/m1/s1. The highest BCUT2D eigenvalue weighted by Gasteiger charge is 2.25. The van der Waals surface area contributed by atoms with Gasteiger partial charge in [0.1, 0.15) is 0 Å². The molecule has 1 N–H and O–H groups in total. The van der Waals surface area contributed by atoms with E-state index in [1.54, 1.807) is 0 Å². The Kier molecular flexibility index (Phi) is 6.70. The predicted octanol–water partition coefficient (Wildman–Crippen LogP) is 3.25. The summed E-state index contributed by atoms with van der Waals surface area (Å²) >= 11 is 6.22. The van der Waals surface area contributed by atoms with E-state index in [1.807, 2.05) is 25.1 Å². The van der Waals surface area contributed by atoms with E-state index in [4.69, 9.17) is 21.1 Å². The topological polar surface area (TPSA) is 50.8 Å². The number of anilines is 1.